The van der Waals surface area contributed by atoms with Crippen molar-refractivity contribution in [1.82, 2.24) is 5.43 Å². The van der Waals surface area contributed by atoms with Crippen LogP contribution in [0.4, 0.5) is 0 Å². The number of halogens is 1. The van der Waals surface area contributed by atoms with Crippen LogP contribution < -0.4 is 19.6 Å². The van der Waals surface area contributed by atoms with Crippen molar-refractivity contribution in [3.8, 4) is 17.2 Å². The highest BCUT2D eigenvalue weighted by atomic mass is 35.5. The average molecular weight is 391 g/mol. The maximum atomic E-state index is 11.9. The van der Waals surface area contributed by atoms with Gasteiger partial charge in [0, 0.05) is 0 Å². The SMILES string of the molecule is CCOc1c(Cl)cc(/C=N\NC(=O)COc2cc(C)cc(C)c2)cc1OC. The molecule has 144 valence electrons. The molecule has 2 aromatic carbocycles. The van der Waals surface area contributed by atoms with E-state index < -0.39 is 0 Å². The Morgan fingerprint density at radius 1 is 1.15 bits per heavy atom. The molecule has 0 aliphatic carbocycles. The summed E-state index contributed by atoms with van der Waals surface area (Å²) >= 11 is 6.20. The molecule has 7 heteroatoms. The Kier molecular flexibility index (Phi) is 7.49. The van der Waals surface area contributed by atoms with Gasteiger partial charge in [-0.15, -0.1) is 0 Å². The molecular formula is C20H23ClN2O4. The molecule has 0 aliphatic rings. The summed E-state index contributed by atoms with van der Waals surface area (Å²) in [7, 11) is 1.53. The quantitative estimate of drug-likeness (QED) is 0.548. The topological polar surface area (TPSA) is 69.2 Å². The van der Waals surface area contributed by atoms with Gasteiger partial charge in [0.05, 0.1) is 25.0 Å². The summed E-state index contributed by atoms with van der Waals surface area (Å²) in [5, 5.41) is 4.33. The van der Waals surface area contributed by atoms with Gasteiger partial charge in [0.1, 0.15) is 5.75 Å². The molecule has 0 spiro atoms. The minimum absolute atomic E-state index is 0.131. The Morgan fingerprint density at radius 2 is 1.85 bits per heavy atom. The lowest BCUT2D eigenvalue weighted by Crippen LogP contribution is -2.24. The van der Waals surface area contributed by atoms with Crippen molar-refractivity contribution >= 4 is 23.7 Å². The van der Waals surface area contributed by atoms with Gasteiger partial charge in [-0.1, -0.05) is 17.7 Å². The van der Waals surface area contributed by atoms with Crippen LogP contribution in [0.25, 0.3) is 0 Å². The molecule has 6 nitrogen and oxygen atoms in total. The first-order valence-electron chi connectivity index (χ1n) is 8.46. The number of methoxy groups -OCH3 is 1. The number of nitrogens with one attached hydrogen (secondary N) is 1. The van der Waals surface area contributed by atoms with Crippen molar-refractivity contribution in [1.29, 1.82) is 0 Å². The Balaban J connectivity index is 1.94. The summed E-state index contributed by atoms with van der Waals surface area (Å²) in [5.74, 6) is 1.25. The van der Waals surface area contributed by atoms with E-state index in [1.54, 1.807) is 12.1 Å². The van der Waals surface area contributed by atoms with Crippen molar-refractivity contribution < 1.29 is 19.0 Å². The lowest BCUT2D eigenvalue weighted by atomic mass is 10.1. The van der Waals surface area contributed by atoms with Crippen molar-refractivity contribution in [2.24, 2.45) is 5.10 Å². The molecule has 0 fully saturated rings. The number of aryl methyl sites for hydroxylation is 2. The van der Waals surface area contributed by atoms with Gasteiger partial charge in [0.2, 0.25) is 0 Å². The monoisotopic (exact) mass is 390 g/mol. The number of benzene rings is 2. The maximum Gasteiger partial charge on any atom is 0.277 e. The van der Waals surface area contributed by atoms with Crippen LogP contribution >= 0.6 is 11.6 Å². The molecular weight excluding hydrogens is 368 g/mol. The van der Waals surface area contributed by atoms with Crippen LogP contribution in [0.2, 0.25) is 5.02 Å². The summed E-state index contributed by atoms with van der Waals surface area (Å²) in [4.78, 5) is 11.9. The average Bonchev–Trinajstić information content (AvgIpc) is 2.61. The Bertz CT molecular complexity index is 817. The third kappa shape index (κ3) is 6.18. The summed E-state index contributed by atoms with van der Waals surface area (Å²) in [6.45, 7) is 6.15. The van der Waals surface area contributed by atoms with Gasteiger partial charge in [-0.2, -0.15) is 5.10 Å². The zero-order valence-electron chi connectivity index (χ0n) is 15.8. The highest BCUT2D eigenvalue weighted by Gasteiger charge is 2.11. The number of carbonyl (C=O) groups excluding carboxylic acids is 1. The minimum atomic E-state index is -0.366. The standard InChI is InChI=1S/C20H23ClN2O4/c1-5-26-20-17(21)9-15(10-18(20)25-4)11-22-23-19(24)12-27-16-7-13(2)6-14(3)8-16/h6-11H,5,12H2,1-4H3,(H,23,24)/b22-11-. The van der Waals surface area contributed by atoms with Gasteiger partial charge in [-0.05, 0) is 61.7 Å². The molecule has 1 amide bonds. The van der Waals surface area contributed by atoms with Crippen LogP contribution in [-0.2, 0) is 4.79 Å². The van der Waals surface area contributed by atoms with Crippen molar-refractivity contribution in [3.05, 3.63) is 52.0 Å². The number of rotatable bonds is 8. The van der Waals surface area contributed by atoms with E-state index in [9.17, 15) is 4.79 Å². The van der Waals surface area contributed by atoms with E-state index >= 15 is 0 Å². The second-order valence-corrected chi connectivity index (χ2v) is 6.28. The molecule has 2 aromatic rings. The Hall–Kier alpha value is -2.73. The number of amides is 1. The zero-order chi connectivity index (χ0) is 19.8. The van der Waals surface area contributed by atoms with E-state index in [0.717, 1.165) is 11.1 Å². The van der Waals surface area contributed by atoms with Crippen LogP contribution in [0.1, 0.15) is 23.6 Å². The van der Waals surface area contributed by atoms with Crippen LogP contribution in [0, 0.1) is 13.8 Å². The lowest BCUT2D eigenvalue weighted by Gasteiger charge is -2.11. The second-order valence-electron chi connectivity index (χ2n) is 5.87. The number of hydrazone groups is 1. The number of ether oxygens (including phenoxy) is 3. The normalized spacial score (nSPS) is 10.7. The fourth-order valence-electron chi connectivity index (χ4n) is 2.47. The van der Waals surface area contributed by atoms with Crippen molar-refractivity contribution in [2.45, 2.75) is 20.8 Å². The predicted molar refractivity (Wildman–Crippen MR) is 106 cm³/mol. The van der Waals surface area contributed by atoms with E-state index in [1.807, 2.05) is 39.0 Å². The van der Waals surface area contributed by atoms with Gasteiger partial charge >= 0.3 is 0 Å². The molecule has 0 saturated carbocycles. The summed E-state index contributed by atoms with van der Waals surface area (Å²) in [5.41, 5.74) is 5.23. The molecule has 0 aromatic heterocycles. The Labute approximate surface area is 164 Å². The third-order valence-electron chi connectivity index (χ3n) is 3.51. The van der Waals surface area contributed by atoms with Crippen LogP contribution in [0.3, 0.4) is 0 Å². The molecule has 0 bridgehead atoms. The third-order valence-corrected chi connectivity index (χ3v) is 3.79. The summed E-state index contributed by atoms with van der Waals surface area (Å²) in [6.07, 6.45) is 1.47. The van der Waals surface area contributed by atoms with E-state index in [1.165, 1.54) is 13.3 Å². The first-order chi connectivity index (χ1) is 12.9. The van der Waals surface area contributed by atoms with Crippen LogP contribution in [0.5, 0.6) is 17.2 Å². The number of hydrogen-bond donors (Lipinski definition) is 1. The smallest absolute Gasteiger partial charge is 0.277 e. The zero-order valence-corrected chi connectivity index (χ0v) is 16.6. The summed E-state index contributed by atoms with van der Waals surface area (Å²) < 4.78 is 16.2. The largest absolute Gasteiger partial charge is 0.493 e. The van der Waals surface area contributed by atoms with E-state index in [0.29, 0.717) is 34.4 Å². The van der Waals surface area contributed by atoms with Gasteiger partial charge in [-0.3, -0.25) is 4.79 Å². The van der Waals surface area contributed by atoms with Gasteiger partial charge < -0.3 is 14.2 Å². The first kappa shape index (κ1) is 20.6. The maximum absolute atomic E-state index is 11.9. The lowest BCUT2D eigenvalue weighted by molar-refractivity contribution is -0.123. The van der Waals surface area contributed by atoms with Crippen molar-refractivity contribution in [3.63, 3.8) is 0 Å². The fourth-order valence-corrected chi connectivity index (χ4v) is 2.75. The fraction of sp³-hybridized carbons (Fsp3) is 0.300. The molecule has 0 heterocycles. The molecule has 0 radical (unpaired) electrons. The van der Waals surface area contributed by atoms with Gasteiger partial charge in [-0.25, -0.2) is 5.43 Å². The number of nitrogens with zero attached hydrogens (tertiary/aromatic N) is 1. The number of carbonyl (C=O) groups is 1. The molecule has 27 heavy (non-hydrogen) atoms. The number of hydrogen-bond acceptors (Lipinski definition) is 5. The van der Waals surface area contributed by atoms with E-state index in [2.05, 4.69) is 10.5 Å². The summed E-state index contributed by atoms with van der Waals surface area (Å²) in [6, 6.07) is 9.18. The van der Waals surface area contributed by atoms with E-state index in [4.69, 9.17) is 25.8 Å². The van der Waals surface area contributed by atoms with Gasteiger partial charge in [0.25, 0.3) is 5.91 Å². The van der Waals surface area contributed by atoms with Crippen LogP contribution in [0.15, 0.2) is 35.4 Å². The second kappa shape index (κ2) is 9.83. The predicted octanol–water partition coefficient (Wildman–Crippen LogP) is 3.89. The molecule has 0 unspecified atom stereocenters. The molecule has 0 atom stereocenters. The van der Waals surface area contributed by atoms with E-state index in [-0.39, 0.29) is 12.5 Å². The highest BCUT2D eigenvalue weighted by molar-refractivity contribution is 6.32. The first-order valence-corrected chi connectivity index (χ1v) is 8.84. The van der Waals surface area contributed by atoms with Gasteiger partial charge in [0.15, 0.2) is 18.1 Å². The van der Waals surface area contributed by atoms with Crippen LogP contribution in [-0.4, -0.2) is 32.4 Å². The Morgan fingerprint density at radius 3 is 2.48 bits per heavy atom. The molecule has 0 aliphatic heterocycles. The minimum Gasteiger partial charge on any atom is -0.493 e. The van der Waals surface area contributed by atoms with Crippen molar-refractivity contribution in [2.75, 3.05) is 20.3 Å². The molecule has 1 N–H and O–H groups in total. The highest BCUT2D eigenvalue weighted by Crippen LogP contribution is 2.35. The molecule has 2 rings (SSSR count). The molecule has 0 saturated heterocycles.